The summed E-state index contributed by atoms with van der Waals surface area (Å²) in [6.07, 6.45) is 3.13. The normalized spacial score (nSPS) is 11.3. The van der Waals surface area contributed by atoms with Crippen LogP contribution >= 0.6 is 0 Å². The lowest BCUT2D eigenvalue weighted by Crippen LogP contribution is -2.05. The van der Waals surface area contributed by atoms with Gasteiger partial charge in [0.05, 0.1) is 7.11 Å². The molecule has 1 rings (SSSR count). The van der Waals surface area contributed by atoms with Crippen LogP contribution in [0.25, 0.3) is 0 Å². The van der Waals surface area contributed by atoms with Crippen molar-refractivity contribution in [2.75, 3.05) is 7.11 Å². The van der Waals surface area contributed by atoms with Gasteiger partial charge in [-0.3, -0.25) is 4.79 Å². The van der Waals surface area contributed by atoms with Crippen molar-refractivity contribution in [3.63, 3.8) is 0 Å². The summed E-state index contributed by atoms with van der Waals surface area (Å²) < 4.78 is 5.12. The number of hydrogen-bond donors (Lipinski definition) is 0. The number of methoxy groups -OCH3 is 1. The molecule has 0 bridgehead atoms. The minimum atomic E-state index is 0.193. The van der Waals surface area contributed by atoms with Gasteiger partial charge in [-0.25, -0.2) is 0 Å². The Labute approximate surface area is 96.9 Å². The number of ketones is 1. The number of ether oxygens (including phenoxy) is 1. The van der Waals surface area contributed by atoms with Gasteiger partial charge in [-0.1, -0.05) is 25.1 Å². The molecule has 16 heavy (non-hydrogen) atoms. The summed E-state index contributed by atoms with van der Waals surface area (Å²) >= 11 is 0. The molecule has 2 heteroatoms. The lowest BCUT2D eigenvalue weighted by molar-refractivity contribution is -0.115. The van der Waals surface area contributed by atoms with E-state index in [0.29, 0.717) is 6.42 Å². The second-order valence-electron chi connectivity index (χ2n) is 3.62. The van der Waals surface area contributed by atoms with Gasteiger partial charge < -0.3 is 4.74 Å². The molecular formula is C14H18O2. The van der Waals surface area contributed by atoms with E-state index in [-0.39, 0.29) is 5.78 Å². The molecule has 0 aromatic heterocycles. The van der Waals surface area contributed by atoms with E-state index in [1.807, 2.05) is 44.2 Å². The van der Waals surface area contributed by atoms with Crippen LogP contribution in [0.1, 0.15) is 25.8 Å². The van der Waals surface area contributed by atoms with Crippen LogP contribution in [-0.2, 0) is 11.2 Å². The first-order valence-corrected chi connectivity index (χ1v) is 5.52. The Hall–Kier alpha value is -1.57. The molecule has 0 atom stereocenters. The van der Waals surface area contributed by atoms with Gasteiger partial charge in [0.2, 0.25) is 0 Å². The van der Waals surface area contributed by atoms with Gasteiger partial charge in [0.1, 0.15) is 5.75 Å². The number of hydrogen-bond acceptors (Lipinski definition) is 2. The van der Waals surface area contributed by atoms with Gasteiger partial charge in [-0.2, -0.15) is 0 Å². The van der Waals surface area contributed by atoms with E-state index in [2.05, 4.69) is 0 Å². The van der Waals surface area contributed by atoms with Crippen LogP contribution < -0.4 is 4.74 Å². The second-order valence-corrected chi connectivity index (χ2v) is 3.62. The van der Waals surface area contributed by atoms with Crippen LogP contribution in [0.5, 0.6) is 5.75 Å². The smallest absolute Gasteiger partial charge is 0.162 e. The molecule has 1 aromatic carbocycles. The van der Waals surface area contributed by atoms with E-state index in [0.717, 1.165) is 23.3 Å². The molecule has 0 radical (unpaired) electrons. The van der Waals surface area contributed by atoms with E-state index in [4.69, 9.17) is 4.74 Å². The Kier molecular flexibility index (Phi) is 4.77. The molecule has 1 aromatic rings. The third kappa shape index (κ3) is 3.23. The van der Waals surface area contributed by atoms with Gasteiger partial charge in [0.25, 0.3) is 0 Å². The Morgan fingerprint density at radius 3 is 2.75 bits per heavy atom. The highest BCUT2D eigenvalue weighted by molar-refractivity contribution is 5.96. The van der Waals surface area contributed by atoms with Gasteiger partial charge in [0, 0.05) is 6.42 Å². The molecule has 0 unspecified atom stereocenters. The molecule has 0 amide bonds. The van der Waals surface area contributed by atoms with E-state index < -0.39 is 0 Å². The number of allylic oxidation sites excluding steroid dienone is 2. The highest BCUT2D eigenvalue weighted by atomic mass is 16.5. The number of Topliss-reactive ketones (excluding diaryl/α,β-unsaturated/α-hetero) is 1. The maximum Gasteiger partial charge on any atom is 0.162 e. The largest absolute Gasteiger partial charge is 0.497 e. The average Bonchev–Trinajstić information content (AvgIpc) is 2.31. The molecule has 0 spiro atoms. The summed E-state index contributed by atoms with van der Waals surface area (Å²) in [7, 11) is 1.63. The molecule has 0 fully saturated rings. The highest BCUT2D eigenvalue weighted by Crippen LogP contribution is 2.15. The van der Waals surface area contributed by atoms with Crippen LogP contribution in [0.15, 0.2) is 35.9 Å². The third-order valence-corrected chi connectivity index (χ3v) is 2.59. The van der Waals surface area contributed by atoms with Crippen LogP contribution in [-0.4, -0.2) is 12.9 Å². The first-order chi connectivity index (χ1) is 7.71. The Balaban J connectivity index is 2.76. The molecule has 86 valence electrons. The van der Waals surface area contributed by atoms with Gasteiger partial charge >= 0.3 is 0 Å². The molecule has 0 saturated carbocycles. The summed E-state index contributed by atoms with van der Waals surface area (Å²) in [6.45, 7) is 3.90. The molecule has 0 aliphatic rings. The highest BCUT2D eigenvalue weighted by Gasteiger charge is 2.08. The zero-order valence-electron chi connectivity index (χ0n) is 10.1. The van der Waals surface area contributed by atoms with Crippen molar-refractivity contribution in [2.24, 2.45) is 0 Å². The summed E-state index contributed by atoms with van der Waals surface area (Å²) in [5, 5.41) is 0. The molecule has 0 saturated heterocycles. The fourth-order valence-electron chi connectivity index (χ4n) is 1.64. The molecular weight excluding hydrogens is 200 g/mol. The molecule has 2 nitrogen and oxygen atoms in total. The van der Waals surface area contributed by atoms with Crippen molar-refractivity contribution < 1.29 is 9.53 Å². The minimum absolute atomic E-state index is 0.193. The van der Waals surface area contributed by atoms with E-state index >= 15 is 0 Å². The van der Waals surface area contributed by atoms with Crippen molar-refractivity contribution in [1.29, 1.82) is 0 Å². The monoisotopic (exact) mass is 218 g/mol. The van der Waals surface area contributed by atoms with Crippen molar-refractivity contribution in [3.8, 4) is 5.75 Å². The van der Waals surface area contributed by atoms with Crippen LogP contribution in [0.2, 0.25) is 0 Å². The number of carbonyl (C=O) groups excluding carboxylic acids is 1. The van der Waals surface area contributed by atoms with Crippen molar-refractivity contribution in [3.05, 3.63) is 41.5 Å². The first kappa shape index (κ1) is 12.5. The number of carbonyl (C=O) groups is 1. The average molecular weight is 218 g/mol. The van der Waals surface area contributed by atoms with Gasteiger partial charge in [-0.15, -0.1) is 0 Å². The SMILES string of the molecule is C/C=C(/CC)C(=O)Cc1cccc(OC)c1. The molecule has 0 heterocycles. The lowest BCUT2D eigenvalue weighted by Gasteiger charge is -2.05. The van der Waals surface area contributed by atoms with Gasteiger partial charge in [-0.05, 0) is 36.6 Å². The van der Waals surface area contributed by atoms with E-state index in [1.165, 1.54) is 0 Å². The Bertz CT molecular complexity index is 391. The van der Waals surface area contributed by atoms with E-state index in [1.54, 1.807) is 7.11 Å². The summed E-state index contributed by atoms with van der Waals surface area (Å²) in [4.78, 5) is 11.9. The zero-order valence-corrected chi connectivity index (χ0v) is 10.1. The predicted molar refractivity (Wildman–Crippen MR) is 65.8 cm³/mol. The summed E-state index contributed by atoms with van der Waals surface area (Å²) in [5.74, 6) is 0.988. The number of rotatable bonds is 5. The minimum Gasteiger partial charge on any atom is -0.497 e. The number of benzene rings is 1. The molecule has 0 N–H and O–H groups in total. The van der Waals surface area contributed by atoms with E-state index in [9.17, 15) is 4.79 Å². The fourth-order valence-corrected chi connectivity index (χ4v) is 1.64. The predicted octanol–water partition coefficient (Wildman–Crippen LogP) is 3.16. The van der Waals surface area contributed by atoms with Crippen LogP contribution in [0, 0.1) is 0 Å². The fraction of sp³-hybridized carbons (Fsp3) is 0.357. The van der Waals surface area contributed by atoms with Crippen molar-refractivity contribution in [2.45, 2.75) is 26.7 Å². The standard InChI is InChI=1S/C14H18O2/c1-4-12(5-2)14(15)10-11-7-6-8-13(9-11)16-3/h4,6-9H,5,10H2,1-3H3/b12-4-. The maximum absolute atomic E-state index is 11.9. The lowest BCUT2D eigenvalue weighted by atomic mass is 10.0. The Morgan fingerprint density at radius 2 is 2.19 bits per heavy atom. The third-order valence-electron chi connectivity index (χ3n) is 2.59. The molecule has 0 aliphatic heterocycles. The maximum atomic E-state index is 11.9. The quantitative estimate of drug-likeness (QED) is 0.709. The van der Waals surface area contributed by atoms with Crippen molar-refractivity contribution in [1.82, 2.24) is 0 Å². The van der Waals surface area contributed by atoms with Crippen LogP contribution in [0.4, 0.5) is 0 Å². The summed E-state index contributed by atoms with van der Waals surface area (Å²) in [6, 6.07) is 7.64. The van der Waals surface area contributed by atoms with Crippen LogP contribution in [0.3, 0.4) is 0 Å². The zero-order chi connectivity index (χ0) is 12.0. The summed E-state index contributed by atoms with van der Waals surface area (Å²) in [5.41, 5.74) is 1.89. The topological polar surface area (TPSA) is 26.3 Å². The van der Waals surface area contributed by atoms with Crippen molar-refractivity contribution >= 4 is 5.78 Å². The molecule has 0 aliphatic carbocycles. The second kappa shape index (κ2) is 6.11. The van der Waals surface area contributed by atoms with Gasteiger partial charge in [0.15, 0.2) is 5.78 Å². The Morgan fingerprint density at radius 1 is 1.44 bits per heavy atom. The first-order valence-electron chi connectivity index (χ1n) is 5.52.